The Kier molecular flexibility index (Phi) is 1.93. The SMILES string of the molecule is CCOC(=O)C12C=CC(C1)c1ccccc12. The van der Waals surface area contributed by atoms with E-state index in [-0.39, 0.29) is 5.97 Å². The number of carbonyl (C=O) groups is 1. The normalized spacial score (nSPS) is 29.2. The summed E-state index contributed by atoms with van der Waals surface area (Å²) in [6.07, 6.45) is 5.02. The van der Waals surface area contributed by atoms with Crippen molar-refractivity contribution >= 4 is 5.97 Å². The van der Waals surface area contributed by atoms with Gasteiger partial charge in [0.2, 0.25) is 0 Å². The summed E-state index contributed by atoms with van der Waals surface area (Å²) in [6.45, 7) is 2.30. The Bertz CT molecular complexity index is 475. The number of rotatable bonds is 2. The van der Waals surface area contributed by atoms with Crippen LogP contribution in [0.4, 0.5) is 0 Å². The average molecular weight is 214 g/mol. The Labute approximate surface area is 94.9 Å². The number of ether oxygens (including phenoxy) is 1. The van der Waals surface area contributed by atoms with Crippen LogP contribution in [0.2, 0.25) is 0 Å². The molecule has 0 radical (unpaired) electrons. The first-order valence-corrected chi connectivity index (χ1v) is 5.74. The van der Waals surface area contributed by atoms with Gasteiger partial charge >= 0.3 is 5.97 Å². The summed E-state index contributed by atoms with van der Waals surface area (Å²) in [4.78, 5) is 12.1. The van der Waals surface area contributed by atoms with E-state index in [9.17, 15) is 4.79 Å². The molecule has 0 saturated carbocycles. The topological polar surface area (TPSA) is 26.3 Å². The Balaban J connectivity index is 2.10. The van der Waals surface area contributed by atoms with Gasteiger partial charge in [-0.1, -0.05) is 36.4 Å². The number of hydrogen-bond acceptors (Lipinski definition) is 2. The highest BCUT2D eigenvalue weighted by Crippen LogP contribution is 2.53. The molecular weight excluding hydrogens is 200 g/mol. The highest BCUT2D eigenvalue weighted by atomic mass is 16.5. The molecule has 0 aromatic heterocycles. The van der Waals surface area contributed by atoms with Crippen molar-refractivity contribution in [1.29, 1.82) is 0 Å². The fourth-order valence-corrected chi connectivity index (χ4v) is 2.92. The van der Waals surface area contributed by atoms with Crippen molar-refractivity contribution < 1.29 is 9.53 Å². The molecule has 2 unspecified atom stereocenters. The summed E-state index contributed by atoms with van der Waals surface area (Å²) in [7, 11) is 0. The largest absolute Gasteiger partial charge is 0.465 e. The average Bonchev–Trinajstić information content (AvgIpc) is 2.88. The first-order chi connectivity index (χ1) is 7.78. The van der Waals surface area contributed by atoms with Crippen LogP contribution in [0.15, 0.2) is 36.4 Å². The molecule has 0 heterocycles. The highest BCUT2D eigenvalue weighted by molar-refractivity contribution is 5.89. The Morgan fingerprint density at radius 1 is 1.50 bits per heavy atom. The molecular formula is C14H14O2. The molecule has 2 nitrogen and oxygen atoms in total. The molecule has 2 heteroatoms. The molecule has 16 heavy (non-hydrogen) atoms. The summed E-state index contributed by atoms with van der Waals surface area (Å²) < 4.78 is 5.21. The lowest BCUT2D eigenvalue weighted by atomic mass is 9.83. The number of hydrogen-bond donors (Lipinski definition) is 0. The van der Waals surface area contributed by atoms with E-state index in [1.54, 1.807) is 0 Å². The van der Waals surface area contributed by atoms with Crippen LogP contribution in [0.25, 0.3) is 0 Å². The van der Waals surface area contributed by atoms with Gasteiger partial charge in [-0.2, -0.15) is 0 Å². The molecule has 0 aliphatic heterocycles. The molecule has 82 valence electrons. The zero-order valence-corrected chi connectivity index (χ0v) is 9.27. The molecule has 1 aromatic rings. The summed E-state index contributed by atoms with van der Waals surface area (Å²) in [5.41, 5.74) is 1.94. The minimum absolute atomic E-state index is 0.0984. The van der Waals surface area contributed by atoms with Crippen LogP contribution in [0, 0.1) is 0 Å². The van der Waals surface area contributed by atoms with Gasteiger partial charge in [0, 0.05) is 5.92 Å². The minimum Gasteiger partial charge on any atom is -0.465 e. The van der Waals surface area contributed by atoms with E-state index in [2.05, 4.69) is 18.2 Å². The van der Waals surface area contributed by atoms with Crippen LogP contribution >= 0.6 is 0 Å². The second-order valence-corrected chi connectivity index (χ2v) is 4.45. The van der Waals surface area contributed by atoms with E-state index in [1.165, 1.54) is 5.56 Å². The third-order valence-corrected chi connectivity index (χ3v) is 3.64. The van der Waals surface area contributed by atoms with Gasteiger partial charge in [0.05, 0.1) is 6.61 Å². The smallest absolute Gasteiger partial charge is 0.320 e. The van der Waals surface area contributed by atoms with E-state index in [4.69, 9.17) is 4.74 Å². The van der Waals surface area contributed by atoms with E-state index in [1.807, 2.05) is 25.1 Å². The Morgan fingerprint density at radius 3 is 3.12 bits per heavy atom. The minimum atomic E-state index is -0.489. The predicted octanol–water partition coefficient (Wildman–Crippen LogP) is 2.54. The van der Waals surface area contributed by atoms with Crippen molar-refractivity contribution in [2.75, 3.05) is 6.61 Å². The highest BCUT2D eigenvalue weighted by Gasteiger charge is 2.51. The molecule has 0 fully saturated rings. The lowest BCUT2D eigenvalue weighted by Gasteiger charge is -2.23. The van der Waals surface area contributed by atoms with E-state index >= 15 is 0 Å². The Morgan fingerprint density at radius 2 is 2.31 bits per heavy atom. The maximum absolute atomic E-state index is 12.1. The second-order valence-electron chi connectivity index (χ2n) is 4.45. The first kappa shape index (κ1) is 9.64. The molecule has 0 N–H and O–H groups in total. The lowest BCUT2D eigenvalue weighted by Crippen LogP contribution is -2.32. The van der Waals surface area contributed by atoms with Gasteiger partial charge < -0.3 is 4.74 Å². The molecule has 2 aliphatic carbocycles. The van der Waals surface area contributed by atoms with Crippen molar-refractivity contribution in [3.8, 4) is 0 Å². The summed E-state index contributed by atoms with van der Waals surface area (Å²) in [5.74, 6) is 0.305. The fourth-order valence-electron chi connectivity index (χ4n) is 2.92. The fraction of sp³-hybridized carbons (Fsp3) is 0.357. The summed E-state index contributed by atoms with van der Waals surface area (Å²) in [5, 5.41) is 0. The van der Waals surface area contributed by atoms with Crippen LogP contribution in [0.5, 0.6) is 0 Å². The van der Waals surface area contributed by atoms with Gasteiger partial charge in [0.1, 0.15) is 5.41 Å². The monoisotopic (exact) mass is 214 g/mol. The third kappa shape index (κ3) is 1.04. The van der Waals surface area contributed by atoms with Gasteiger partial charge in [-0.15, -0.1) is 0 Å². The maximum Gasteiger partial charge on any atom is 0.320 e. The van der Waals surface area contributed by atoms with Crippen LogP contribution in [0.1, 0.15) is 30.4 Å². The van der Waals surface area contributed by atoms with Gasteiger partial charge in [-0.05, 0) is 24.5 Å². The molecule has 1 aromatic carbocycles. The molecule has 0 saturated heterocycles. The molecule has 0 amide bonds. The van der Waals surface area contributed by atoms with Crippen molar-refractivity contribution in [3.05, 3.63) is 47.5 Å². The quantitative estimate of drug-likeness (QED) is 0.558. The van der Waals surface area contributed by atoms with E-state index < -0.39 is 5.41 Å². The Hall–Kier alpha value is -1.57. The van der Waals surface area contributed by atoms with Gasteiger partial charge in [0.25, 0.3) is 0 Å². The van der Waals surface area contributed by atoms with Crippen molar-refractivity contribution in [3.63, 3.8) is 0 Å². The molecule has 2 aliphatic rings. The van der Waals surface area contributed by atoms with Crippen molar-refractivity contribution in [2.45, 2.75) is 24.7 Å². The van der Waals surface area contributed by atoms with Gasteiger partial charge in [-0.25, -0.2) is 0 Å². The molecule has 2 atom stereocenters. The first-order valence-electron chi connectivity index (χ1n) is 5.74. The van der Waals surface area contributed by atoms with Crippen molar-refractivity contribution in [1.82, 2.24) is 0 Å². The number of benzene rings is 1. The van der Waals surface area contributed by atoms with Gasteiger partial charge in [0.15, 0.2) is 0 Å². The van der Waals surface area contributed by atoms with E-state index in [0.29, 0.717) is 12.5 Å². The summed E-state index contributed by atoms with van der Waals surface area (Å²) in [6, 6.07) is 8.20. The predicted molar refractivity (Wildman–Crippen MR) is 61.3 cm³/mol. The number of esters is 1. The number of carbonyl (C=O) groups excluding carboxylic acids is 1. The van der Waals surface area contributed by atoms with Crippen molar-refractivity contribution in [2.24, 2.45) is 0 Å². The molecule has 2 bridgehead atoms. The zero-order valence-electron chi connectivity index (χ0n) is 9.27. The van der Waals surface area contributed by atoms with E-state index in [0.717, 1.165) is 12.0 Å². The van der Waals surface area contributed by atoms with Crippen LogP contribution in [0.3, 0.4) is 0 Å². The maximum atomic E-state index is 12.1. The second kappa shape index (κ2) is 3.21. The molecule has 3 rings (SSSR count). The third-order valence-electron chi connectivity index (χ3n) is 3.64. The van der Waals surface area contributed by atoms with Crippen LogP contribution < -0.4 is 0 Å². The number of fused-ring (bicyclic) bond motifs is 5. The lowest BCUT2D eigenvalue weighted by molar-refractivity contribution is -0.148. The van der Waals surface area contributed by atoms with Crippen LogP contribution in [-0.4, -0.2) is 12.6 Å². The van der Waals surface area contributed by atoms with Crippen LogP contribution in [-0.2, 0) is 14.9 Å². The molecule has 0 spiro atoms. The standard InChI is InChI=1S/C14H14O2/c1-2-16-13(15)14-8-7-10(9-14)11-5-3-4-6-12(11)14/h3-8,10H,2,9H2,1H3. The summed E-state index contributed by atoms with van der Waals surface area (Å²) >= 11 is 0. The zero-order chi connectivity index (χ0) is 11.2. The van der Waals surface area contributed by atoms with Gasteiger partial charge in [-0.3, -0.25) is 4.79 Å². The number of allylic oxidation sites excluding steroid dienone is 1.